The highest BCUT2D eigenvalue weighted by Gasteiger charge is 1.94. The Kier molecular flexibility index (Phi) is 2.93. The molecule has 0 atom stereocenters. The molecule has 0 saturated carbocycles. The molecule has 0 spiro atoms. The quantitative estimate of drug-likeness (QED) is 0.610. The molecular formula is C10H7O3-. The van der Waals surface area contributed by atoms with Crippen LogP contribution in [-0.2, 0) is 0 Å². The molecule has 1 aromatic carbocycles. The van der Waals surface area contributed by atoms with Crippen molar-refractivity contribution in [3.8, 4) is 18.1 Å². The number of carboxylic acid groups (broad SMARTS) is 1. The Morgan fingerprint density at radius 3 is 2.54 bits per heavy atom. The highest BCUT2D eigenvalue weighted by Crippen LogP contribution is 2.11. The van der Waals surface area contributed by atoms with Crippen molar-refractivity contribution < 1.29 is 14.6 Å². The van der Waals surface area contributed by atoms with Gasteiger partial charge in [-0.25, -0.2) is 0 Å². The molecule has 0 unspecified atom stereocenters. The van der Waals surface area contributed by atoms with Gasteiger partial charge in [-0.2, -0.15) is 0 Å². The van der Waals surface area contributed by atoms with Crippen LogP contribution in [0.4, 0.5) is 0 Å². The molecule has 0 aliphatic heterocycles. The van der Waals surface area contributed by atoms with Gasteiger partial charge in [0.05, 0.1) is 5.97 Å². The van der Waals surface area contributed by atoms with Crippen molar-refractivity contribution in [3.63, 3.8) is 0 Å². The van der Waals surface area contributed by atoms with Crippen LogP contribution in [0.3, 0.4) is 0 Å². The zero-order valence-electron chi connectivity index (χ0n) is 6.82. The van der Waals surface area contributed by atoms with Crippen LogP contribution in [0.25, 0.3) is 0 Å². The molecule has 1 aromatic rings. The van der Waals surface area contributed by atoms with Crippen molar-refractivity contribution in [1.82, 2.24) is 0 Å². The lowest BCUT2D eigenvalue weighted by molar-refractivity contribution is -0.255. The fourth-order valence-electron chi connectivity index (χ4n) is 0.812. The van der Waals surface area contributed by atoms with E-state index in [1.807, 2.05) is 0 Å². The highest BCUT2D eigenvalue weighted by molar-refractivity contribution is 5.85. The molecule has 0 aliphatic rings. The fourth-order valence-corrected chi connectivity index (χ4v) is 0.812. The third-order valence-electron chi connectivity index (χ3n) is 1.41. The third kappa shape index (κ3) is 2.53. The summed E-state index contributed by atoms with van der Waals surface area (Å²) >= 11 is 0. The molecule has 0 bridgehead atoms. The van der Waals surface area contributed by atoms with Gasteiger partial charge in [0, 0.05) is 0 Å². The predicted molar refractivity (Wildman–Crippen MR) is 45.1 cm³/mol. The van der Waals surface area contributed by atoms with Crippen LogP contribution in [-0.4, -0.2) is 12.6 Å². The summed E-state index contributed by atoms with van der Waals surface area (Å²) in [4.78, 5) is 10.3. The second-order valence-electron chi connectivity index (χ2n) is 2.30. The minimum Gasteiger partial charge on any atom is -0.545 e. The zero-order valence-corrected chi connectivity index (χ0v) is 6.82. The largest absolute Gasteiger partial charge is 0.545 e. The maximum absolute atomic E-state index is 10.3. The van der Waals surface area contributed by atoms with Gasteiger partial charge in [0.25, 0.3) is 0 Å². The second kappa shape index (κ2) is 4.17. The van der Waals surface area contributed by atoms with Crippen molar-refractivity contribution in [2.24, 2.45) is 0 Å². The average molecular weight is 175 g/mol. The molecular weight excluding hydrogens is 168 g/mol. The summed E-state index contributed by atoms with van der Waals surface area (Å²) in [5, 5.41) is 10.3. The lowest BCUT2D eigenvalue weighted by Gasteiger charge is -2.04. The normalized spacial score (nSPS) is 8.85. The summed E-state index contributed by atoms with van der Waals surface area (Å²) in [7, 11) is 0. The zero-order chi connectivity index (χ0) is 9.68. The first-order chi connectivity index (χ1) is 6.24. The van der Waals surface area contributed by atoms with Crippen molar-refractivity contribution in [1.29, 1.82) is 0 Å². The Morgan fingerprint density at radius 1 is 1.46 bits per heavy atom. The first-order valence-electron chi connectivity index (χ1n) is 3.61. The smallest absolute Gasteiger partial charge is 0.148 e. The van der Waals surface area contributed by atoms with Gasteiger partial charge >= 0.3 is 0 Å². The van der Waals surface area contributed by atoms with Gasteiger partial charge in [0.15, 0.2) is 0 Å². The molecule has 0 aromatic heterocycles. The van der Waals surface area contributed by atoms with Gasteiger partial charge in [-0.3, -0.25) is 0 Å². The Bertz CT molecular complexity index is 332. The van der Waals surface area contributed by atoms with Crippen LogP contribution in [0.1, 0.15) is 10.4 Å². The Balaban J connectivity index is 2.71. The number of carbonyl (C=O) groups is 1. The van der Waals surface area contributed by atoms with Crippen LogP contribution >= 0.6 is 0 Å². The predicted octanol–water partition coefficient (Wildman–Crippen LogP) is 0.0621. The first-order valence-corrected chi connectivity index (χ1v) is 3.61. The second-order valence-corrected chi connectivity index (χ2v) is 2.30. The van der Waals surface area contributed by atoms with Gasteiger partial charge in [-0.1, -0.05) is 5.92 Å². The van der Waals surface area contributed by atoms with E-state index in [1.165, 1.54) is 24.3 Å². The SMILES string of the molecule is C#CCOc1ccc(C(=O)[O-])cc1. The Hall–Kier alpha value is -1.95. The lowest BCUT2D eigenvalue weighted by Crippen LogP contribution is -2.21. The summed E-state index contributed by atoms with van der Waals surface area (Å²) in [5.41, 5.74) is 0.119. The number of hydrogen-bond donors (Lipinski definition) is 0. The molecule has 0 N–H and O–H groups in total. The Labute approximate surface area is 76.0 Å². The molecule has 13 heavy (non-hydrogen) atoms. The van der Waals surface area contributed by atoms with E-state index in [0.717, 1.165) is 0 Å². The van der Waals surface area contributed by atoms with Gasteiger partial charge < -0.3 is 14.6 Å². The third-order valence-corrected chi connectivity index (χ3v) is 1.41. The number of carboxylic acids is 1. The number of carbonyl (C=O) groups excluding carboxylic acids is 1. The maximum atomic E-state index is 10.3. The van der Waals surface area contributed by atoms with E-state index in [4.69, 9.17) is 11.2 Å². The molecule has 3 nitrogen and oxygen atoms in total. The van der Waals surface area contributed by atoms with Gasteiger partial charge in [-0.05, 0) is 29.8 Å². The summed E-state index contributed by atoms with van der Waals surface area (Å²) in [6, 6.07) is 5.87. The number of ether oxygens (including phenoxy) is 1. The summed E-state index contributed by atoms with van der Waals surface area (Å²) in [6.45, 7) is 0.171. The number of hydrogen-bond acceptors (Lipinski definition) is 3. The van der Waals surface area contributed by atoms with E-state index in [2.05, 4.69) is 5.92 Å². The average Bonchev–Trinajstić information content (AvgIpc) is 2.15. The lowest BCUT2D eigenvalue weighted by atomic mass is 10.2. The van der Waals surface area contributed by atoms with E-state index in [0.29, 0.717) is 5.75 Å². The fraction of sp³-hybridized carbons (Fsp3) is 0.100. The molecule has 0 radical (unpaired) electrons. The summed E-state index contributed by atoms with van der Waals surface area (Å²) in [6.07, 6.45) is 4.98. The van der Waals surface area contributed by atoms with Gasteiger partial charge in [-0.15, -0.1) is 6.42 Å². The van der Waals surface area contributed by atoms with Crippen molar-refractivity contribution in [3.05, 3.63) is 29.8 Å². The van der Waals surface area contributed by atoms with E-state index in [9.17, 15) is 9.90 Å². The molecule has 0 fully saturated rings. The highest BCUT2D eigenvalue weighted by atomic mass is 16.5. The van der Waals surface area contributed by atoms with Crippen molar-refractivity contribution in [2.75, 3.05) is 6.61 Å². The number of benzene rings is 1. The number of terminal acetylenes is 1. The van der Waals surface area contributed by atoms with Crippen LogP contribution in [0, 0.1) is 12.3 Å². The van der Waals surface area contributed by atoms with E-state index in [1.54, 1.807) is 0 Å². The first kappa shape index (κ1) is 9.14. The maximum Gasteiger partial charge on any atom is 0.148 e. The van der Waals surface area contributed by atoms with Crippen LogP contribution in [0.5, 0.6) is 5.75 Å². The van der Waals surface area contributed by atoms with Crippen LogP contribution in [0.15, 0.2) is 24.3 Å². The topological polar surface area (TPSA) is 49.4 Å². The van der Waals surface area contributed by atoms with Crippen molar-refractivity contribution in [2.45, 2.75) is 0 Å². The van der Waals surface area contributed by atoms with Crippen molar-refractivity contribution >= 4 is 5.97 Å². The monoisotopic (exact) mass is 175 g/mol. The Morgan fingerprint density at radius 2 is 2.08 bits per heavy atom. The standard InChI is InChI=1S/C10H8O3/c1-2-7-13-9-5-3-8(4-6-9)10(11)12/h1,3-6H,7H2,(H,11,12)/p-1. The molecule has 0 saturated heterocycles. The molecule has 66 valence electrons. The number of rotatable bonds is 3. The van der Waals surface area contributed by atoms with E-state index in [-0.39, 0.29) is 12.2 Å². The molecule has 1 rings (SSSR count). The molecule has 0 aliphatic carbocycles. The number of aromatic carboxylic acids is 1. The summed E-state index contributed by atoms with van der Waals surface area (Å²) < 4.78 is 5.04. The minimum absolute atomic E-state index is 0.119. The molecule has 3 heteroatoms. The van der Waals surface area contributed by atoms with E-state index >= 15 is 0 Å². The minimum atomic E-state index is -1.21. The molecule has 0 heterocycles. The van der Waals surface area contributed by atoms with Crippen LogP contribution < -0.4 is 9.84 Å². The van der Waals surface area contributed by atoms with Gasteiger partial charge in [0.2, 0.25) is 0 Å². The van der Waals surface area contributed by atoms with Gasteiger partial charge in [0.1, 0.15) is 12.4 Å². The van der Waals surface area contributed by atoms with Crippen LogP contribution in [0.2, 0.25) is 0 Å². The molecule has 0 amide bonds. The van der Waals surface area contributed by atoms with E-state index < -0.39 is 5.97 Å². The summed E-state index contributed by atoms with van der Waals surface area (Å²) in [5.74, 6) is 1.64.